The molecule has 3 rings (SSSR count). The number of hydrogen-bond donors (Lipinski definition) is 2. The zero-order chi connectivity index (χ0) is 21.3. The minimum absolute atomic E-state index is 0.000595. The second-order valence-corrected chi connectivity index (χ2v) is 7.22. The number of benzene rings is 2. The van der Waals surface area contributed by atoms with Crippen molar-refractivity contribution in [2.24, 2.45) is 0 Å². The van der Waals surface area contributed by atoms with Crippen molar-refractivity contribution >= 4 is 40.6 Å². The number of alkyl halides is 3. The molecule has 1 aliphatic rings. The topological polar surface area (TPSA) is 101 Å². The molecule has 2 amide bonds. The van der Waals surface area contributed by atoms with Gasteiger partial charge in [-0.15, -0.1) is 11.8 Å². The highest BCUT2D eigenvalue weighted by Crippen LogP contribution is 2.40. The third-order valence-corrected chi connectivity index (χ3v) is 5.20. The van der Waals surface area contributed by atoms with Gasteiger partial charge in [-0.25, -0.2) is 0 Å². The molecule has 0 aliphatic carbocycles. The predicted octanol–water partition coefficient (Wildman–Crippen LogP) is 4.19. The maximum atomic E-state index is 13.3. The Morgan fingerprint density at radius 3 is 2.62 bits per heavy atom. The third-order valence-electron chi connectivity index (χ3n) is 3.92. The quantitative estimate of drug-likeness (QED) is 0.431. The Morgan fingerprint density at radius 1 is 1.24 bits per heavy atom. The average molecular weight is 429 g/mol. The summed E-state index contributed by atoms with van der Waals surface area (Å²) in [6.45, 7) is 0. The van der Waals surface area contributed by atoms with Crippen LogP contribution in [-0.4, -0.2) is 22.0 Å². The number of fused-ring (bicyclic) bond motifs is 1. The van der Waals surface area contributed by atoms with E-state index in [1.165, 1.54) is 6.07 Å². The zero-order valence-corrected chi connectivity index (χ0v) is 15.1. The van der Waals surface area contributed by atoms with Crippen LogP contribution in [-0.2, 0) is 15.8 Å². The van der Waals surface area contributed by atoms with Gasteiger partial charge in [0, 0.05) is 23.1 Å². The first kappa shape index (κ1) is 20.6. The van der Waals surface area contributed by atoms with Crippen molar-refractivity contribution in [3.63, 3.8) is 0 Å². The van der Waals surface area contributed by atoms with Crippen molar-refractivity contribution in [2.75, 3.05) is 10.6 Å². The number of hydrogen-bond acceptors (Lipinski definition) is 5. The first-order valence-electron chi connectivity index (χ1n) is 7.97. The van der Waals surface area contributed by atoms with Gasteiger partial charge in [-0.3, -0.25) is 19.7 Å². The van der Waals surface area contributed by atoms with Crippen LogP contribution in [0.25, 0.3) is 0 Å². The molecule has 2 aromatic carbocycles. The van der Waals surface area contributed by atoms with Crippen molar-refractivity contribution in [3.05, 3.63) is 57.9 Å². The summed E-state index contributed by atoms with van der Waals surface area (Å²) in [4.78, 5) is 34.5. The SMILES string of the molecule is O=C(C[C@H]1Sc2ccc(C(F)(F)F)cc2NC1=O)Nc1ccc(F)c([N+](=O)[O-])c1. The number of anilines is 2. The van der Waals surface area contributed by atoms with Gasteiger partial charge in [0.05, 0.1) is 21.4 Å². The van der Waals surface area contributed by atoms with Crippen LogP contribution in [0.5, 0.6) is 0 Å². The largest absolute Gasteiger partial charge is 0.416 e. The van der Waals surface area contributed by atoms with E-state index in [1.54, 1.807) is 0 Å². The summed E-state index contributed by atoms with van der Waals surface area (Å²) in [6, 6.07) is 5.69. The van der Waals surface area contributed by atoms with E-state index in [-0.39, 0.29) is 17.8 Å². The number of nitrogens with zero attached hydrogens (tertiary/aromatic N) is 1. The van der Waals surface area contributed by atoms with Gasteiger partial charge in [0.15, 0.2) is 0 Å². The molecule has 0 unspecified atom stereocenters. The van der Waals surface area contributed by atoms with Crippen molar-refractivity contribution in [3.8, 4) is 0 Å². The van der Waals surface area contributed by atoms with Crippen LogP contribution in [0.4, 0.5) is 34.6 Å². The molecule has 2 N–H and O–H groups in total. The van der Waals surface area contributed by atoms with Gasteiger partial charge < -0.3 is 10.6 Å². The van der Waals surface area contributed by atoms with E-state index >= 15 is 0 Å². The highest BCUT2D eigenvalue weighted by molar-refractivity contribution is 8.01. The molecule has 0 aromatic heterocycles. The first-order chi connectivity index (χ1) is 13.5. The second-order valence-electron chi connectivity index (χ2n) is 5.98. The summed E-state index contributed by atoms with van der Waals surface area (Å²) in [6.07, 6.45) is -4.90. The van der Waals surface area contributed by atoms with Crippen LogP contribution in [0.1, 0.15) is 12.0 Å². The number of nitro benzene ring substituents is 1. The van der Waals surface area contributed by atoms with Gasteiger partial charge in [0.2, 0.25) is 17.6 Å². The summed E-state index contributed by atoms with van der Waals surface area (Å²) < 4.78 is 51.7. The van der Waals surface area contributed by atoms with Gasteiger partial charge in [-0.05, 0) is 30.3 Å². The summed E-state index contributed by atoms with van der Waals surface area (Å²) in [5.74, 6) is -2.39. The highest BCUT2D eigenvalue weighted by Gasteiger charge is 2.34. The zero-order valence-electron chi connectivity index (χ0n) is 14.2. The standard InChI is InChI=1S/C17H11F4N3O4S/c18-10-3-2-9(6-12(10)24(27)28)22-15(25)7-14-16(26)23-11-5-8(17(19,20)21)1-4-13(11)29-14/h1-6,14H,7H2,(H,22,25)(H,23,26)/t14-/m1/s1. The number of thioether (sulfide) groups is 1. The Kier molecular flexibility index (Phi) is 5.46. The minimum atomic E-state index is -4.56. The Hall–Kier alpha value is -3.15. The van der Waals surface area contributed by atoms with Gasteiger partial charge >= 0.3 is 11.9 Å². The van der Waals surface area contributed by atoms with E-state index in [0.29, 0.717) is 4.90 Å². The van der Waals surface area contributed by atoms with Gasteiger partial charge in [0.25, 0.3) is 0 Å². The molecule has 12 heteroatoms. The number of amides is 2. The normalized spacial score (nSPS) is 16.0. The molecule has 1 heterocycles. The van der Waals surface area contributed by atoms with E-state index in [0.717, 1.165) is 42.1 Å². The van der Waals surface area contributed by atoms with E-state index in [4.69, 9.17) is 0 Å². The number of halogens is 4. The van der Waals surface area contributed by atoms with Crippen molar-refractivity contribution in [1.29, 1.82) is 0 Å². The lowest BCUT2D eigenvalue weighted by Crippen LogP contribution is -2.32. The molecular formula is C17H11F4N3O4S. The first-order valence-corrected chi connectivity index (χ1v) is 8.85. The summed E-state index contributed by atoms with van der Waals surface area (Å²) in [5.41, 5.74) is -1.76. The Balaban J connectivity index is 1.70. The fraction of sp³-hybridized carbons (Fsp3) is 0.176. The number of nitrogens with one attached hydrogen (secondary N) is 2. The van der Waals surface area contributed by atoms with Crippen molar-refractivity contribution < 1.29 is 32.1 Å². The molecule has 1 aliphatic heterocycles. The molecule has 0 saturated heterocycles. The van der Waals surface area contributed by atoms with Crippen LogP contribution in [0.3, 0.4) is 0 Å². The lowest BCUT2D eigenvalue weighted by atomic mass is 10.1. The Morgan fingerprint density at radius 2 is 1.97 bits per heavy atom. The Bertz CT molecular complexity index is 1010. The second kappa shape index (κ2) is 7.70. The number of carbonyl (C=O) groups excluding carboxylic acids is 2. The molecule has 7 nitrogen and oxygen atoms in total. The highest BCUT2D eigenvalue weighted by atomic mass is 32.2. The predicted molar refractivity (Wildman–Crippen MR) is 96.0 cm³/mol. The van der Waals surface area contributed by atoms with E-state index in [2.05, 4.69) is 10.6 Å². The van der Waals surface area contributed by atoms with Gasteiger partial charge in [-0.2, -0.15) is 17.6 Å². The fourth-order valence-corrected chi connectivity index (χ4v) is 3.66. The van der Waals surface area contributed by atoms with Crippen LogP contribution < -0.4 is 10.6 Å². The molecular weight excluding hydrogens is 418 g/mol. The number of rotatable bonds is 4. The molecule has 152 valence electrons. The van der Waals surface area contributed by atoms with Crippen molar-refractivity contribution in [1.82, 2.24) is 0 Å². The monoisotopic (exact) mass is 429 g/mol. The van der Waals surface area contributed by atoms with Crippen LogP contribution in [0.15, 0.2) is 41.3 Å². The summed E-state index contributed by atoms with van der Waals surface area (Å²) in [5, 5.41) is 14.5. The third kappa shape index (κ3) is 4.65. The molecule has 0 fully saturated rings. The lowest BCUT2D eigenvalue weighted by molar-refractivity contribution is -0.387. The fourth-order valence-electron chi connectivity index (χ4n) is 2.57. The van der Waals surface area contributed by atoms with E-state index in [1.807, 2.05) is 0 Å². The van der Waals surface area contributed by atoms with Crippen LogP contribution in [0, 0.1) is 15.9 Å². The molecule has 1 atom stereocenters. The smallest absolute Gasteiger partial charge is 0.326 e. The molecule has 0 spiro atoms. The van der Waals surface area contributed by atoms with Crippen molar-refractivity contribution in [2.45, 2.75) is 22.7 Å². The van der Waals surface area contributed by atoms with E-state index in [9.17, 15) is 37.3 Å². The number of nitro groups is 1. The number of carbonyl (C=O) groups is 2. The van der Waals surface area contributed by atoms with Gasteiger partial charge in [0.1, 0.15) is 0 Å². The van der Waals surface area contributed by atoms with Crippen LogP contribution >= 0.6 is 11.8 Å². The summed E-state index contributed by atoms with van der Waals surface area (Å²) in [7, 11) is 0. The lowest BCUT2D eigenvalue weighted by Gasteiger charge is -2.24. The maximum Gasteiger partial charge on any atom is 0.416 e. The van der Waals surface area contributed by atoms with Crippen LogP contribution in [0.2, 0.25) is 0 Å². The molecule has 0 radical (unpaired) electrons. The molecule has 0 bridgehead atoms. The molecule has 2 aromatic rings. The maximum absolute atomic E-state index is 13.3. The Labute approximate surface area is 164 Å². The summed E-state index contributed by atoms with van der Waals surface area (Å²) >= 11 is 0.925. The molecule has 0 saturated carbocycles. The van der Waals surface area contributed by atoms with E-state index < -0.39 is 45.2 Å². The average Bonchev–Trinajstić information content (AvgIpc) is 2.62. The minimum Gasteiger partial charge on any atom is -0.326 e. The van der Waals surface area contributed by atoms with Gasteiger partial charge in [-0.1, -0.05) is 0 Å². The molecule has 29 heavy (non-hydrogen) atoms.